The first kappa shape index (κ1) is 23.0. The summed E-state index contributed by atoms with van der Waals surface area (Å²) in [5, 5.41) is 1.06. The van der Waals surface area contributed by atoms with E-state index < -0.39 is 5.97 Å². The molecule has 0 saturated heterocycles. The quantitative estimate of drug-likeness (QED) is 0.335. The van der Waals surface area contributed by atoms with Gasteiger partial charge in [-0.2, -0.15) is 0 Å². The first-order valence-corrected chi connectivity index (χ1v) is 11.0. The summed E-state index contributed by atoms with van der Waals surface area (Å²) in [6, 6.07) is 10.8. The first-order chi connectivity index (χ1) is 15.7. The van der Waals surface area contributed by atoms with E-state index in [0.717, 1.165) is 22.6 Å². The molecule has 3 heterocycles. The molecule has 3 aromatic rings. The lowest BCUT2D eigenvalue weighted by molar-refractivity contribution is -0.136. The number of esters is 1. The van der Waals surface area contributed by atoms with Crippen LogP contribution < -0.4 is 0 Å². The summed E-state index contributed by atoms with van der Waals surface area (Å²) in [6.07, 6.45) is 3.27. The molecule has 6 nitrogen and oxygen atoms in total. The molecule has 8 heteroatoms. The fraction of sp³-hybridized carbons (Fsp3) is 0.200. The molecule has 4 rings (SSSR count). The van der Waals surface area contributed by atoms with Gasteiger partial charge in [0.15, 0.2) is 0 Å². The van der Waals surface area contributed by atoms with Crippen LogP contribution in [0.5, 0.6) is 0 Å². The van der Waals surface area contributed by atoms with E-state index in [1.807, 2.05) is 30.5 Å². The highest BCUT2D eigenvalue weighted by atomic mass is 35.5. The van der Waals surface area contributed by atoms with Gasteiger partial charge in [-0.3, -0.25) is 4.79 Å². The number of nitrogens with zero attached hydrogens (tertiary/aromatic N) is 2. The van der Waals surface area contributed by atoms with Crippen LogP contribution in [-0.4, -0.2) is 28.5 Å². The van der Waals surface area contributed by atoms with Crippen molar-refractivity contribution >= 4 is 41.2 Å². The van der Waals surface area contributed by atoms with Gasteiger partial charge in [0.1, 0.15) is 5.76 Å². The molecule has 2 aromatic heterocycles. The maximum Gasteiger partial charge on any atom is 0.340 e. The number of amides is 1. The average molecular weight is 485 g/mol. The van der Waals surface area contributed by atoms with Crippen molar-refractivity contribution in [2.45, 2.75) is 27.3 Å². The molecule has 0 spiro atoms. The Hall–Kier alpha value is -3.22. The number of carbonyl (C=O) groups is 2. The molecule has 170 valence electrons. The Balaban J connectivity index is 1.80. The number of allylic oxidation sites excluding steroid dienone is 1. The van der Waals surface area contributed by atoms with Crippen LogP contribution in [0.4, 0.5) is 0 Å². The van der Waals surface area contributed by atoms with Gasteiger partial charge in [0.05, 0.1) is 41.8 Å². The zero-order chi connectivity index (χ0) is 23.9. The molecule has 0 unspecified atom stereocenters. The highest BCUT2D eigenvalue weighted by Crippen LogP contribution is 2.35. The first-order valence-electron chi connectivity index (χ1n) is 10.2. The molecule has 1 aromatic carbocycles. The fourth-order valence-corrected chi connectivity index (χ4v) is 4.59. The monoisotopic (exact) mass is 484 g/mol. The number of ether oxygens (including phenoxy) is 1. The van der Waals surface area contributed by atoms with Crippen molar-refractivity contribution in [1.29, 1.82) is 0 Å². The number of furan rings is 1. The second-order valence-corrected chi connectivity index (χ2v) is 8.58. The van der Waals surface area contributed by atoms with Crippen molar-refractivity contribution in [1.82, 2.24) is 9.47 Å². The van der Waals surface area contributed by atoms with Crippen LogP contribution in [0.3, 0.4) is 0 Å². The Kier molecular flexibility index (Phi) is 6.23. The van der Waals surface area contributed by atoms with Gasteiger partial charge in [-0.1, -0.05) is 23.2 Å². The average Bonchev–Trinajstić information content (AvgIpc) is 3.44. The maximum absolute atomic E-state index is 13.4. The third kappa shape index (κ3) is 4.12. The molecule has 1 aliphatic rings. The minimum absolute atomic E-state index is 0.217. The predicted octanol–water partition coefficient (Wildman–Crippen LogP) is 5.87. The zero-order valence-electron chi connectivity index (χ0n) is 18.6. The Morgan fingerprint density at radius 2 is 1.91 bits per heavy atom. The van der Waals surface area contributed by atoms with E-state index in [4.69, 9.17) is 32.4 Å². The standard InChI is InChI=1S/C25H22Cl2N2O4/c1-14-10-17(15(2)29(14)22-8-7-18(26)12-21(22)27)11-20-23(25(31)32-4)16(3)28(24(20)30)13-19-6-5-9-33-19/h5-12H,13H2,1-4H3/b20-11+. The third-order valence-corrected chi connectivity index (χ3v) is 6.25. The minimum atomic E-state index is -0.566. The van der Waals surface area contributed by atoms with Gasteiger partial charge < -0.3 is 18.6 Å². The number of aryl methyl sites for hydroxylation is 1. The molecule has 0 fully saturated rings. The van der Waals surface area contributed by atoms with Crippen molar-refractivity contribution in [2.24, 2.45) is 0 Å². The van der Waals surface area contributed by atoms with E-state index >= 15 is 0 Å². The SMILES string of the molecule is COC(=O)C1=C(C)N(Cc2ccco2)C(=O)/C1=C/c1cc(C)n(-c2ccc(Cl)cc2Cl)c1C. The summed E-state index contributed by atoms with van der Waals surface area (Å²) in [5.41, 5.74) is 4.37. The van der Waals surface area contributed by atoms with Crippen LogP contribution >= 0.6 is 23.2 Å². The van der Waals surface area contributed by atoms with E-state index in [-0.39, 0.29) is 23.6 Å². The molecule has 0 bridgehead atoms. The zero-order valence-corrected chi connectivity index (χ0v) is 20.1. The molecular weight excluding hydrogens is 463 g/mol. The molecule has 33 heavy (non-hydrogen) atoms. The van der Waals surface area contributed by atoms with Gasteiger partial charge in [-0.25, -0.2) is 4.79 Å². The summed E-state index contributed by atoms with van der Waals surface area (Å²) >= 11 is 12.5. The van der Waals surface area contributed by atoms with Crippen LogP contribution in [0, 0.1) is 13.8 Å². The lowest BCUT2D eigenvalue weighted by Gasteiger charge is -2.16. The van der Waals surface area contributed by atoms with Gasteiger partial charge in [0, 0.05) is 22.1 Å². The van der Waals surface area contributed by atoms with E-state index in [2.05, 4.69) is 0 Å². The van der Waals surface area contributed by atoms with E-state index in [0.29, 0.717) is 21.5 Å². The van der Waals surface area contributed by atoms with Crippen LogP contribution in [-0.2, 0) is 20.9 Å². The van der Waals surface area contributed by atoms with Crippen LogP contribution in [0.15, 0.2) is 63.9 Å². The topological polar surface area (TPSA) is 64.7 Å². The summed E-state index contributed by atoms with van der Waals surface area (Å²) < 4.78 is 12.4. The van der Waals surface area contributed by atoms with Crippen molar-refractivity contribution in [3.8, 4) is 5.69 Å². The predicted molar refractivity (Wildman–Crippen MR) is 127 cm³/mol. The van der Waals surface area contributed by atoms with Crippen molar-refractivity contribution in [3.05, 3.63) is 92.3 Å². The Morgan fingerprint density at radius 1 is 1.15 bits per heavy atom. The smallest absolute Gasteiger partial charge is 0.340 e. The molecular formula is C25H22Cl2N2O4. The largest absolute Gasteiger partial charge is 0.467 e. The lowest BCUT2D eigenvalue weighted by Crippen LogP contribution is -2.24. The maximum atomic E-state index is 13.4. The van der Waals surface area contributed by atoms with Crippen molar-refractivity contribution in [2.75, 3.05) is 7.11 Å². The number of methoxy groups -OCH3 is 1. The number of halogens is 2. The normalized spacial score (nSPS) is 15.2. The molecule has 0 saturated carbocycles. The van der Waals surface area contributed by atoms with E-state index in [9.17, 15) is 9.59 Å². The molecule has 0 radical (unpaired) electrons. The second-order valence-electron chi connectivity index (χ2n) is 7.74. The van der Waals surface area contributed by atoms with Crippen molar-refractivity contribution < 1.29 is 18.7 Å². The lowest BCUT2D eigenvalue weighted by atomic mass is 10.0. The van der Waals surface area contributed by atoms with E-state index in [1.165, 1.54) is 12.0 Å². The van der Waals surface area contributed by atoms with Crippen LogP contribution in [0.2, 0.25) is 10.0 Å². The summed E-state index contributed by atoms with van der Waals surface area (Å²) in [7, 11) is 1.30. The van der Waals surface area contributed by atoms with Crippen LogP contribution in [0.25, 0.3) is 11.8 Å². The Labute approximate surface area is 201 Å². The fourth-order valence-electron chi connectivity index (χ4n) is 4.10. The molecule has 1 aliphatic heterocycles. The minimum Gasteiger partial charge on any atom is -0.467 e. The highest BCUT2D eigenvalue weighted by molar-refractivity contribution is 6.35. The Bertz CT molecular complexity index is 1320. The van der Waals surface area contributed by atoms with Gasteiger partial charge >= 0.3 is 5.97 Å². The number of carbonyl (C=O) groups excluding carboxylic acids is 2. The molecule has 0 N–H and O–H groups in total. The number of aromatic nitrogens is 1. The Morgan fingerprint density at radius 3 is 2.55 bits per heavy atom. The number of hydrogen-bond acceptors (Lipinski definition) is 4. The summed E-state index contributed by atoms with van der Waals surface area (Å²) in [4.78, 5) is 27.5. The highest BCUT2D eigenvalue weighted by Gasteiger charge is 2.37. The number of rotatable bonds is 5. The van der Waals surface area contributed by atoms with E-state index in [1.54, 1.807) is 43.5 Å². The number of benzene rings is 1. The molecule has 0 atom stereocenters. The van der Waals surface area contributed by atoms with Gasteiger partial charge in [-0.05, 0) is 68.8 Å². The molecule has 0 aliphatic carbocycles. The van der Waals surface area contributed by atoms with Crippen LogP contribution in [0.1, 0.15) is 29.6 Å². The summed E-state index contributed by atoms with van der Waals surface area (Å²) in [6.45, 7) is 5.82. The third-order valence-electron chi connectivity index (χ3n) is 5.72. The van der Waals surface area contributed by atoms with Gasteiger partial charge in [0.25, 0.3) is 5.91 Å². The molecule has 1 amide bonds. The summed E-state index contributed by atoms with van der Waals surface area (Å²) in [5.74, 6) is -0.244. The van der Waals surface area contributed by atoms with Crippen molar-refractivity contribution in [3.63, 3.8) is 0 Å². The second kappa shape index (κ2) is 8.96. The van der Waals surface area contributed by atoms with Gasteiger partial charge in [0.2, 0.25) is 0 Å². The number of hydrogen-bond donors (Lipinski definition) is 0. The van der Waals surface area contributed by atoms with Gasteiger partial charge in [-0.15, -0.1) is 0 Å².